The maximum absolute atomic E-state index is 12.9. The highest BCUT2D eigenvalue weighted by Gasteiger charge is 2.08. The Morgan fingerprint density at radius 1 is 1.14 bits per heavy atom. The Balaban J connectivity index is 1.83. The predicted octanol–water partition coefficient (Wildman–Crippen LogP) is 2.83. The van der Waals surface area contributed by atoms with Crippen molar-refractivity contribution < 1.29 is 14.3 Å². The number of pyridine rings is 1. The second kappa shape index (κ2) is 5.77. The number of benzene rings is 1. The van der Waals surface area contributed by atoms with Crippen molar-refractivity contribution in [2.24, 2.45) is 0 Å². The van der Waals surface area contributed by atoms with Crippen LogP contribution < -0.4 is 0 Å². The Morgan fingerprint density at radius 2 is 1.91 bits per heavy atom. The summed E-state index contributed by atoms with van der Waals surface area (Å²) in [6.07, 6.45) is 4.85. The third kappa shape index (κ3) is 3.01. The highest BCUT2D eigenvalue weighted by Crippen LogP contribution is 2.16. The SMILES string of the molecule is O=C(O)c1ccnc(-c2cn(Cc3ccc(F)cc3)cn2)c1. The molecule has 0 aliphatic carbocycles. The van der Waals surface area contributed by atoms with E-state index in [9.17, 15) is 9.18 Å². The molecule has 0 saturated carbocycles. The molecule has 0 aliphatic heterocycles. The number of rotatable bonds is 4. The predicted molar refractivity (Wildman–Crippen MR) is 77.9 cm³/mol. The van der Waals surface area contributed by atoms with Crippen LogP contribution in [0.4, 0.5) is 4.39 Å². The lowest BCUT2D eigenvalue weighted by molar-refractivity contribution is 0.0697. The molecule has 0 aliphatic rings. The molecule has 3 aromatic rings. The Hall–Kier alpha value is -3.02. The van der Waals surface area contributed by atoms with Gasteiger partial charge in [-0.15, -0.1) is 0 Å². The number of imidazole rings is 1. The fraction of sp³-hybridized carbons (Fsp3) is 0.0625. The molecule has 1 aromatic carbocycles. The topological polar surface area (TPSA) is 68.0 Å². The summed E-state index contributed by atoms with van der Waals surface area (Å²) in [5.41, 5.74) is 2.19. The van der Waals surface area contributed by atoms with Crippen LogP contribution in [0, 0.1) is 5.82 Å². The van der Waals surface area contributed by atoms with Gasteiger partial charge in [0.2, 0.25) is 0 Å². The van der Waals surface area contributed by atoms with Crippen molar-refractivity contribution >= 4 is 5.97 Å². The second-order valence-electron chi connectivity index (χ2n) is 4.79. The normalized spacial score (nSPS) is 10.6. The molecule has 0 radical (unpaired) electrons. The van der Waals surface area contributed by atoms with E-state index in [0.717, 1.165) is 5.56 Å². The van der Waals surface area contributed by atoms with Crippen molar-refractivity contribution in [2.75, 3.05) is 0 Å². The Kier molecular flexibility index (Phi) is 3.65. The van der Waals surface area contributed by atoms with Gasteiger partial charge in [0.05, 0.1) is 17.6 Å². The highest BCUT2D eigenvalue weighted by atomic mass is 19.1. The molecule has 0 spiro atoms. The van der Waals surface area contributed by atoms with Crippen molar-refractivity contribution in [3.8, 4) is 11.4 Å². The second-order valence-corrected chi connectivity index (χ2v) is 4.79. The average Bonchev–Trinajstić information content (AvgIpc) is 2.98. The summed E-state index contributed by atoms with van der Waals surface area (Å²) in [4.78, 5) is 19.3. The first-order valence-corrected chi connectivity index (χ1v) is 6.58. The molecule has 1 N–H and O–H groups in total. The van der Waals surface area contributed by atoms with Crippen molar-refractivity contribution in [2.45, 2.75) is 6.54 Å². The van der Waals surface area contributed by atoms with E-state index in [4.69, 9.17) is 5.11 Å². The van der Waals surface area contributed by atoms with Gasteiger partial charge >= 0.3 is 5.97 Å². The van der Waals surface area contributed by atoms with E-state index in [2.05, 4.69) is 9.97 Å². The molecule has 0 atom stereocenters. The number of carboxylic acid groups (broad SMARTS) is 1. The van der Waals surface area contributed by atoms with Crippen LogP contribution in [0.5, 0.6) is 0 Å². The molecule has 0 amide bonds. The van der Waals surface area contributed by atoms with E-state index in [0.29, 0.717) is 17.9 Å². The third-order valence-electron chi connectivity index (χ3n) is 3.18. The smallest absolute Gasteiger partial charge is 0.335 e. The molecule has 2 heterocycles. The van der Waals surface area contributed by atoms with E-state index in [1.807, 2.05) is 4.57 Å². The molecule has 2 aromatic heterocycles. The number of nitrogens with zero attached hydrogens (tertiary/aromatic N) is 3. The van der Waals surface area contributed by atoms with E-state index >= 15 is 0 Å². The molecule has 0 unspecified atom stereocenters. The van der Waals surface area contributed by atoms with Crippen molar-refractivity contribution in [1.29, 1.82) is 0 Å². The molecule has 0 saturated heterocycles. The first kappa shape index (κ1) is 13.9. The minimum atomic E-state index is -1.01. The van der Waals surface area contributed by atoms with Gasteiger partial charge in [0.1, 0.15) is 11.5 Å². The van der Waals surface area contributed by atoms with E-state index in [1.165, 1.54) is 30.5 Å². The summed E-state index contributed by atoms with van der Waals surface area (Å²) in [5.74, 6) is -1.28. The number of hydrogen-bond donors (Lipinski definition) is 1. The van der Waals surface area contributed by atoms with Crippen molar-refractivity contribution in [3.63, 3.8) is 0 Å². The highest BCUT2D eigenvalue weighted by molar-refractivity contribution is 5.88. The van der Waals surface area contributed by atoms with Crippen molar-refractivity contribution in [1.82, 2.24) is 14.5 Å². The Labute approximate surface area is 125 Å². The zero-order valence-corrected chi connectivity index (χ0v) is 11.5. The van der Waals surface area contributed by atoms with Gasteiger partial charge in [0.15, 0.2) is 0 Å². The van der Waals surface area contributed by atoms with Crippen LogP contribution in [-0.2, 0) is 6.54 Å². The summed E-state index contributed by atoms with van der Waals surface area (Å²) in [7, 11) is 0. The summed E-state index contributed by atoms with van der Waals surface area (Å²) < 4.78 is 14.7. The maximum atomic E-state index is 12.9. The van der Waals surface area contributed by atoms with E-state index in [1.54, 1.807) is 24.7 Å². The fourth-order valence-corrected chi connectivity index (χ4v) is 2.08. The zero-order chi connectivity index (χ0) is 15.5. The largest absolute Gasteiger partial charge is 0.478 e. The van der Waals surface area contributed by atoms with Crippen molar-refractivity contribution in [3.05, 3.63) is 72.1 Å². The number of carboxylic acids is 1. The fourth-order valence-electron chi connectivity index (χ4n) is 2.08. The summed E-state index contributed by atoms with van der Waals surface area (Å²) in [5, 5.41) is 8.99. The van der Waals surface area contributed by atoms with Crippen LogP contribution in [0.25, 0.3) is 11.4 Å². The summed E-state index contributed by atoms with van der Waals surface area (Å²) in [6.45, 7) is 0.548. The summed E-state index contributed by atoms with van der Waals surface area (Å²) in [6, 6.07) is 9.14. The third-order valence-corrected chi connectivity index (χ3v) is 3.18. The van der Waals surface area contributed by atoms with Gasteiger partial charge in [-0.25, -0.2) is 14.2 Å². The van der Waals surface area contributed by atoms with Gasteiger partial charge in [0, 0.05) is 18.9 Å². The lowest BCUT2D eigenvalue weighted by Gasteiger charge is -2.02. The molecule has 3 rings (SSSR count). The quantitative estimate of drug-likeness (QED) is 0.804. The van der Waals surface area contributed by atoms with Crippen LogP contribution in [0.15, 0.2) is 55.1 Å². The zero-order valence-electron chi connectivity index (χ0n) is 11.5. The first-order chi connectivity index (χ1) is 10.6. The average molecular weight is 297 g/mol. The number of halogens is 1. The van der Waals surface area contributed by atoms with Gasteiger partial charge in [-0.1, -0.05) is 12.1 Å². The molecule has 6 heteroatoms. The summed E-state index contributed by atoms with van der Waals surface area (Å²) >= 11 is 0. The van der Waals surface area contributed by atoms with Gasteiger partial charge in [-0.05, 0) is 29.8 Å². The molecule has 110 valence electrons. The molecular formula is C16H12FN3O2. The van der Waals surface area contributed by atoms with Crippen LogP contribution >= 0.6 is 0 Å². The first-order valence-electron chi connectivity index (χ1n) is 6.58. The molecule has 0 fully saturated rings. The van der Waals surface area contributed by atoms with Crippen LogP contribution in [0.3, 0.4) is 0 Å². The number of aromatic carboxylic acids is 1. The Morgan fingerprint density at radius 3 is 2.64 bits per heavy atom. The Bertz CT molecular complexity index is 812. The lowest BCUT2D eigenvalue weighted by Crippen LogP contribution is -1.97. The van der Waals surface area contributed by atoms with Gasteiger partial charge in [-0.3, -0.25) is 4.98 Å². The molecule has 5 nitrogen and oxygen atoms in total. The van der Waals surface area contributed by atoms with Gasteiger partial charge in [0.25, 0.3) is 0 Å². The van der Waals surface area contributed by atoms with E-state index in [-0.39, 0.29) is 11.4 Å². The van der Waals surface area contributed by atoms with Crippen LogP contribution in [0.1, 0.15) is 15.9 Å². The number of hydrogen-bond acceptors (Lipinski definition) is 3. The van der Waals surface area contributed by atoms with Gasteiger partial charge < -0.3 is 9.67 Å². The minimum absolute atomic E-state index is 0.165. The minimum Gasteiger partial charge on any atom is -0.478 e. The number of carbonyl (C=O) groups is 1. The molecule has 22 heavy (non-hydrogen) atoms. The van der Waals surface area contributed by atoms with E-state index < -0.39 is 5.97 Å². The molecular weight excluding hydrogens is 285 g/mol. The van der Waals surface area contributed by atoms with Crippen LogP contribution in [-0.4, -0.2) is 25.6 Å². The van der Waals surface area contributed by atoms with Gasteiger partial charge in [-0.2, -0.15) is 0 Å². The standard InChI is InChI=1S/C16H12FN3O2/c17-13-3-1-11(2-4-13)8-20-9-15(19-10-20)14-7-12(16(21)22)5-6-18-14/h1-7,9-10H,8H2,(H,21,22). The molecule has 0 bridgehead atoms. The monoisotopic (exact) mass is 297 g/mol. The lowest BCUT2D eigenvalue weighted by atomic mass is 10.2. The van der Waals surface area contributed by atoms with Crippen LogP contribution in [0.2, 0.25) is 0 Å². The number of aromatic nitrogens is 3. The maximum Gasteiger partial charge on any atom is 0.335 e.